The van der Waals surface area contributed by atoms with Gasteiger partial charge in [0.2, 0.25) is 15.9 Å². The van der Waals surface area contributed by atoms with Crippen LogP contribution in [0.3, 0.4) is 0 Å². The van der Waals surface area contributed by atoms with Gasteiger partial charge >= 0.3 is 0 Å². The lowest BCUT2D eigenvalue weighted by molar-refractivity contribution is -0.116. The summed E-state index contributed by atoms with van der Waals surface area (Å²) in [5.74, 6) is -0.166. The maximum atomic E-state index is 12.8. The number of hydrogen-bond acceptors (Lipinski definition) is 6. The van der Waals surface area contributed by atoms with Gasteiger partial charge in [0, 0.05) is 42.3 Å². The minimum atomic E-state index is -3.82. The van der Waals surface area contributed by atoms with Crippen molar-refractivity contribution in [3.05, 3.63) is 97.0 Å². The number of amides is 2. The number of benzene rings is 2. The molecule has 180 valence electrons. The van der Waals surface area contributed by atoms with Crippen LogP contribution < -0.4 is 15.4 Å². The molecular formula is C24H23N5O5S. The Bertz CT molecular complexity index is 1400. The second-order valence-corrected chi connectivity index (χ2v) is 9.33. The van der Waals surface area contributed by atoms with Crippen molar-refractivity contribution in [3.8, 4) is 0 Å². The van der Waals surface area contributed by atoms with Crippen LogP contribution in [0.1, 0.15) is 22.5 Å². The Morgan fingerprint density at radius 3 is 2.51 bits per heavy atom. The van der Waals surface area contributed by atoms with E-state index in [0.29, 0.717) is 29.2 Å². The van der Waals surface area contributed by atoms with Crippen molar-refractivity contribution in [2.75, 3.05) is 10.6 Å². The van der Waals surface area contributed by atoms with Gasteiger partial charge in [0.1, 0.15) is 5.76 Å². The van der Waals surface area contributed by atoms with E-state index >= 15 is 0 Å². The largest absolute Gasteiger partial charge is 0.468 e. The van der Waals surface area contributed by atoms with Crippen molar-refractivity contribution in [2.24, 2.45) is 0 Å². The quantitative estimate of drug-likeness (QED) is 0.310. The molecule has 0 bridgehead atoms. The average Bonchev–Trinajstić information content (AvgIpc) is 3.56. The molecule has 0 saturated heterocycles. The first kappa shape index (κ1) is 23.9. The number of carbonyl (C=O) groups is 2. The van der Waals surface area contributed by atoms with Gasteiger partial charge < -0.3 is 19.6 Å². The molecule has 2 amide bonds. The third-order valence-electron chi connectivity index (χ3n) is 4.98. The predicted octanol–water partition coefficient (Wildman–Crippen LogP) is 3.24. The van der Waals surface area contributed by atoms with E-state index in [9.17, 15) is 18.0 Å². The number of hydrogen-bond donors (Lipinski definition) is 3. The van der Waals surface area contributed by atoms with Gasteiger partial charge in [0.05, 0.1) is 24.0 Å². The van der Waals surface area contributed by atoms with Crippen LogP contribution in [-0.2, 0) is 27.9 Å². The number of nitrogens with zero attached hydrogens (tertiary/aromatic N) is 2. The normalized spacial score (nSPS) is 11.2. The Morgan fingerprint density at radius 1 is 0.971 bits per heavy atom. The van der Waals surface area contributed by atoms with Crippen molar-refractivity contribution < 1.29 is 22.4 Å². The monoisotopic (exact) mass is 493 g/mol. The Morgan fingerprint density at radius 2 is 1.77 bits per heavy atom. The molecule has 10 nitrogen and oxygen atoms in total. The minimum Gasteiger partial charge on any atom is -0.468 e. The predicted molar refractivity (Wildman–Crippen MR) is 129 cm³/mol. The molecule has 0 fully saturated rings. The molecule has 35 heavy (non-hydrogen) atoms. The summed E-state index contributed by atoms with van der Waals surface area (Å²) >= 11 is 0. The van der Waals surface area contributed by atoms with Crippen LogP contribution in [0.2, 0.25) is 0 Å². The zero-order chi connectivity index (χ0) is 24.7. The molecule has 0 spiro atoms. The zero-order valence-corrected chi connectivity index (χ0v) is 19.4. The maximum absolute atomic E-state index is 12.8. The number of sulfonamides is 1. The number of furan rings is 1. The molecule has 3 N–H and O–H groups in total. The Labute approximate surface area is 202 Å². The lowest BCUT2D eigenvalue weighted by Gasteiger charge is -2.10. The van der Waals surface area contributed by atoms with Gasteiger partial charge in [0.25, 0.3) is 5.91 Å². The fourth-order valence-electron chi connectivity index (χ4n) is 3.22. The summed E-state index contributed by atoms with van der Waals surface area (Å²) in [6.07, 6.45) is 6.76. The van der Waals surface area contributed by atoms with Gasteiger partial charge in [-0.05, 0) is 48.5 Å². The smallest absolute Gasteiger partial charge is 0.255 e. The molecule has 0 saturated carbocycles. The molecule has 4 rings (SSSR count). The fraction of sp³-hybridized carbons (Fsp3) is 0.125. The summed E-state index contributed by atoms with van der Waals surface area (Å²) in [4.78, 5) is 28.9. The summed E-state index contributed by atoms with van der Waals surface area (Å²) < 4.78 is 34.6. The number of carbonyl (C=O) groups excluding carboxylic acids is 2. The van der Waals surface area contributed by atoms with Crippen LogP contribution in [0.25, 0.3) is 0 Å². The highest BCUT2D eigenvalue weighted by atomic mass is 32.2. The molecule has 2 aromatic carbocycles. The first-order valence-corrected chi connectivity index (χ1v) is 12.2. The molecule has 2 aromatic heterocycles. The lowest BCUT2D eigenvalue weighted by atomic mass is 10.1. The van der Waals surface area contributed by atoms with E-state index in [-0.39, 0.29) is 23.8 Å². The highest BCUT2D eigenvalue weighted by Gasteiger charge is 2.16. The number of nitrogens with one attached hydrogen (secondary N) is 3. The maximum Gasteiger partial charge on any atom is 0.255 e. The third-order valence-corrected chi connectivity index (χ3v) is 6.38. The van der Waals surface area contributed by atoms with Crippen LogP contribution in [0.15, 0.2) is 95.0 Å². The van der Waals surface area contributed by atoms with Crippen LogP contribution in [0.5, 0.6) is 0 Å². The summed E-state index contributed by atoms with van der Waals surface area (Å²) in [5.41, 5.74) is 1.10. The van der Waals surface area contributed by atoms with E-state index in [1.54, 1.807) is 65.8 Å². The molecule has 0 aliphatic heterocycles. The van der Waals surface area contributed by atoms with Crippen molar-refractivity contribution >= 4 is 33.2 Å². The van der Waals surface area contributed by atoms with E-state index in [1.807, 2.05) is 0 Å². The van der Waals surface area contributed by atoms with Gasteiger partial charge in [-0.2, -0.15) is 0 Å². The number of rotatable bonds is 10. The summed E-state index contributed by atoms with van der Waals surface area (Å²) in [5, 5.41) is 5.46. The number of imidazole rings is 1. The minimum absolute atomic E-state index is 0.000706. The number of aryl methyl sites for hydroxylation is 1. The van der Waals surface area contributed by atoms with Crippen molar-refractivity contribution in [1.29, 1.82) is 0 Å². The highest BCUT2D eigenvalue weighted by molar-refractivity contribution is 7.89. The van der Waals surface area contributed by atoms with Gasteiger partial charge in [-0.1, -0.05) is 12.1 Å². The van der Waals surface area contributed by atoms with E-state index in [2.05, 4.69) is 20.3 Å². The van der Waals surface area contributed by atoms with Crippen molar-refractivity contribution in [1.82, 2.24) is 14.3 Å². The summed E-state index contributed by atoms with van der Waals surface area (Å²) in [6, 6.07) is 15.7. The number of aromatic nitrogens is 2. The molecule has 4 aromatic rings. The fourth-order valence-corrected chi connectivity index (χ4v) is 4.26. The molecule has 0 radical (unpaired) electrons. The summed E-state index contributed by atoms with van der Waals surface area (Å²) in [7, 11) is -3.82. The first-order chi connectivity index (χ1) is 16.9. The topological polar surface area (TPSA) is 135 Å². The van der Waals surface area contributed by atoms with Crippen molar-refractivity contribution in [2.45, 2.75) is 24.4 Å². The van der Waals surface area contributed by atoms with Gasteiger partial charge in [-0.3, -0.25) is 9.59 Å². The van der Waals surface area contributed by atoms with Crippen LogP contribution in [0.4, 0.5) is 11.4 Å². The molecule has 11 heteroatoms. The second kappa shape index (κ2) is 10.8. The standard InChI is InChI=1S/C24H23N5O5S/c30-23(9-11-29-12-10-25-17-29)27-19-5-1-4-18(14-19)24(31)28-20-6-2-8-22(15-20)35(32,33)26-16-21-7-3-13-34-21/h1-8,10,12-15,17,26H,9,11,16H2,(H,27,30)(H,28,31). The Balaban J connectivity index is 1.37. The molecule has 2 heterocycles. The number of anilines is 2. The van der Waals surface area contributed by atoms with Crippen LogP contribution >= 0.6 is 0 Å². The van der Waals surface area contributed by atoms with Crippen LogP contribution in [-0.4, -0.2) is 29.8 Å². The molecule has 0 atom stereocenters. The Kier molecular flexibility index (Phi) is 7.38. The van der Waals surface area contributed by atoms with Crippen LogP contribution in [0, 0.1) is 0 Å². The van der Waals surface area contributed by atoms with Gasteiger partial charge in [0.15, 0.2) is 0 Å². The van der Waals surface area contributed by atoms with E-state index in [4.69, 9.17) is 4.42 Å². The van der Waals surface area contributed by atoms with Gasteiger partial charge in [-0.25, -0.2) is 18.1 Å². The molecule has 0 aliphatic rings. The SMILES string of the molecule is O=C(CCn1ccnc1)Nc1cccc(C(=O)Nc2cccc(S(=O)(=O)NCc3ccco3)c2)c1. The van der Waals surface area contributed by atoms with E-state index in [1.165, 1.54) is 24.5 Å². The Hall–Kier alpha value is -4.22. The average molecular weight is 494 g/mol. The first-order valence-electron chi connectivity index (χ1n) is 10.7. The summed E-state index contributed by atoms with van der Waals surface area (Å²) in [6.45, 7) is 0.494. The third kappa shape index (κ3) is 6.65. The van der Waals surface area contributed by atoms with E-state index < -0.39 is 15.9 Å². The van der Waals surface area contributed by atoms with Gasteiger partial charge in [-0.15, -0.1) is 0 Å². The van der Waals surface area contributed by atoms with Crippen molar-refractivity contribution in [3.63, 3.8) is 0 Å². The lowest BCUT2D eigenvalue weighted by Crippen LogP contribution is -2.23. The molecule has 0 aliphatic carbocycles. The second-order valence-electron chi connectivity index (χ2n) is 7.57. The zero-order valence-electron chi connectivity index (χ0n) is 18.5. The highest BCUT2D eigenvalue weighted by Crippen LogP contribution is 2.18. The molecular weight excluding hydrogens is 470 g/mol. The molecule has 0 unspecified atom stereocenters. The van der Waals surface area contributed by atoms with E-state index in [0.717, 1.165) is 0 Å².